The number of amides is 4. The minimum Gasteiger partial charge on any atom is -0.325 e. The monoisotopic (exact) mass is 396 g/mol. The Labute approximate surface area is 158 Å². The van der Waals surface area contributed by atoms with E-state index in [2.05, 4.69) is 15.4 Å². The number of imide groups is 1. The average Bonchev–Trinajstić information content (AvgIpc) is 2.78. The molecule has 10 heteroatoms. The van der Waals surface area contributed by atoms with Gasteiger partial charge in [-0.2, -0.15) is 0 Å². The van der Waals surface area contributed by atoms with Gasteiger partial charge in [-0.3, -0.25) is 14.5 Å². The highest BCUT2D eigenvalue weighted by Gasteiger charge is 2.46. The van der Waals surface area contributed by atoms with E-state index in [1.54, 1.807) is 27.7 Å². The Bertz CT molecular complexity index is 851. The predicted molar refractivity (Wildman–Crippen MR) is 99.5 cm³/mol. The molecule has 0 bridgehead atoms. The van der Waals surface area contributed by atoms with Crippen LogP contribution < -0.4 is 15.4 Å². The van der Waals surface area contributed by atoms with Crippen molar-refractivity contribution in [1.29, 1.82) is 0 Å². The third kappa shape index (κ3) is 4.64. The van der Waals surface area contributed by atoms with E-state index >= 15 is 0 Å². The number of carbonyl (C=O) groups excluding carboxylic acids is 3. The Kier molecular flexibility index (Phi) is 5.91. The number of nitrogens with zero attached hydrogens (tertiary/aromatic N) is 1. The summed E-state index contributed by atoms with van der Waals surface area (Å²) in [7, 11) is -3.62. The average molecular weight is 396 g/mol. The summed E-state index contributed by atoms with van der Waals surface area (Å²) in [6.45, 7) is 6.38. The molecule has 1 heterocycles. The zero-order valence-electron chi connectivity index (χ0n) is 15.7. The van der Waals surface area contributed by atoms with Gasteiger partial charge in [0.25, 0.3) is 5.91 Å². The second-order valence-electron chi connectivity index (χ2n) is 6.86. The minimum absolute atomic E-state index is 0.0713. The largest absolute Gasteiger partial charge is 0.325 e. The van der Waals surface area contributed by atoms with Crippen LogP contribution in [0.25, 0.3) is 0 Å². The van der Waals surface area contributed by atoms with Crippen molar-refractivity contribution >= 4 is 33.6 Å². The van der Waals surface area contributed by atoms with Crippen LogP contribution in [0.5, 0.6) is 0 Å². The molecule has 0 unspecified atom stereocenters. The van der Waals surface area contributed by atoms with Gasteiger partial charge in [-0.05, 0) is 51.5 Å². The Morgan fingerprint density at radius 2 is 1.81 bits per heavy atom. The number of benzene rings is 1. The van der Waals surface area contributed by atoms with Gasteiger partial charge >= 0.3 is 6.03 Å². The molecule has 3 N–H and O–H groups in total. The standard InChI is InChI=1S/C17H24N4O5S/c1-5-17(4)15(23)21(16(24)19-17)10-14(22)18-12-6-8-13(9-7-12)27(25,26)20-11(2)3/h6-9,11,20H,5,10H2,1-4H3,(H,18,22)(H,19,24)/t17-/m1/s1. The van der Waals surface area contributed by atoms with Crippen molar-refractivity contribution in [1.82, 2.24) is 14.9 Å². The van der Waals surface area contributed by atoms with Gasteiger partial charge in [0, 0.05) is 11.7 Å². The van der Waals surface area contributed by atoms with Gasteiger partial charge in [0.1, 0.15) is 12.1 Å². The van der Waals surface area contributed by atoms with Crippen LogP contribution in [0.3, 0.4) is 0 Å². The zero-order valence-corrected chi connectivity index (χ0v) is 16.5. The van der Waals surface area contributed by atoms with Crippen LogP contribution in [0.4, 0.5) is 10.5 Å². The van der Waals surface area contributed by atoms with Gasteiger partial charge < -0.3 is 10.6 Å². The number of hydrogen-bond acceptors (Lipinski definition) is 5. The molecule has 0 aliphatic carbocycles. The van der Waals surface area contributed by atoms with Crippen molar-refractivity contribution in [2.75, 3.05) is 11.9 Å². The van der Waals surface area contributed by atoms with E-state index in [0.29, 0.717) is 12.1 Å². The molecular formula is C17H24N4O5S. The molecule has 1 aromatic rings. The Morgan fingerprint density at radius 1 is 1.22 bits per heavy atom. The number of urea groups is 1. The lowest BCUT2D eigenvalue weighted by atomic mass is 9.99. The molecule has 0 spiro atoms. The van der Waals surface area contributed by atoms with Gasteiger partial charge in [-0.1, -0.05) is 6.92 Å². The number of rotatable bonds is 7. The molecule has 1 atom stereocenters. The first-order chi connectivity index (χ1) is 12.5. The Hall–Kier alpha value is -2.46. The summed E-state index contributed by atoms with van der Waals surface area (Å²) in [5.41, 5.74) is -0.648. The predicted octanol–water partition coefficient (Wildman–Crippen LogP) is 1.03. The molecule has 1 aliphatic rings. The van der Waals surface area contributed by atoms with Gasteiger partial charge in [-0.15, -0.1) is 0 Å². The van der Waals surface area contributed by atoms with Gasteiger partial charge in [0.15, 0.2) is 0 Å². The molecule has 1 aliphatic heterocycles. The van der Waals surface area contributed by atoms with E-state index < -0.39 is 40.0 Å². The summed E-state index contributed by atoms with van der Waals surface area (Å²) >= 11 is 0. The lowest BCUT2D eigenvalue weighted by Gasteiger charge is -2.19. The van der Waals surface area contributed by atoms with Crippen molar-refractivity contribution in [3.05, 3.63) is 24.3 Å². The molecule has 1 fully saturated rings. The van der Waals surface area contributed by atoms with Crippen LogP contribution in [0.2, 0.25) is 0 Å². The molecule has 148 valence electrons. The van der Waals surface area contributed by atoms with Crippen LogP contribution in [0.1, 0.15) is 34.1 Å². The summed E-state index contributed by atoms with van der Waals surface area (Å²) in [6.07, 6.45) is 0.413. The fourth-order valence-corrected chi connectivity index (χ4v) is 3.82. The van der Waals surface area contributed by atoms with Crippen molar-refractivity contribution in [2.24, 2.45) is 0 Å². The van der Waals surface area contributed by atoms with Gasteiger partial charge in [-0.25, -0.2) is 17.9 Å². The van der Waals surface area contributed by atoms with Crippen molar-refractivity contribution in [2.45, 2.75) is 50.6 Å². The maximum atomic E-state index is 12.3. The van der Waals surface area contributed by atoms with Crippen LogP contribution in [0.15, 0.2) is 29.2 Å². The summed E-state index contributed by atoms with van der Waals surface area (Å²) in [5.74, 6) is -1.01. The van der Waals surface area contributed by atoms with Crippen molar-refractivity contribution < 1.29 is 22.8 Å². The van der Waals surface area contributed by atoms with E-state index in [4.69, 9.17) is 0 Å². The van der Waals surface area contributed by atoms with E-state index in [0.717, 1.165) is 4.90 Å². The zero-order chi connectivity index (χ0) is 20.4. The maximum absolute atomic E-state index is 12.3. The molecule has 0 radical (unpaired) electrons. The van der Waals surface area contributed by atoms with Crippen LogP contribution in [0, 0.1) is 0 Å². The summed E-state index contributed by atoms with van der Waals surface area (Å²) in [5, 5.41) is 5.12. The second kappa shape index (κ2) is 7.65. The van der Waals surface area contributed by atoms with Crippen LogP contribution >= 0.6 is 0 Å². The molecule has 4 amide bonds. The second-order valence-corrected chi connectivity index (χ2v) is 8.57. The molecule has 0 aromatic heterocycles. The van der Waals surface area contributed by atoms with E-state index in [-0.39, 0.29) is 10.9 Å². The quantitative estimate of drug-likeness (QED) is 0.594. The Balaban J connectivity index is 2.03. The third-order valence-corrected chi connectivity index (χ3v) is 5.87. The van der Waals surface area contributed by atoms with Crippen molar-refractivity contribution in [3.8, 4) is 0 Å². The number of hydrogen-bond donors (Lipinski definition) is 3. The first-order valence-corrected chi connectivity index (χ1v) is 10.0. The fraction of sp³-hybridized carbons (Fsp3) is 0.471. The smallest absolute Gasteiger partial charge is 0.325 e. The van der Waals surface area contributed by atoms with Crippen LogP contribution in [-0.4, -0.2) is 49.3 Å². The SMILES string of the molecule is CC[C@@]1(C)NC(=O)N(CC(=O)Nc2ccc(S(=O)(=O)NC(C)C)cc2)C1=O. The summed E-state index contributed by atoms with van der Waals surface area (Å²) in [4.78, 5) is 37.3. The summed E-state index contributed by atoms with van der Waals surface area (Å²) < 4.78 is 26.6. The normalized spacial score (nSPS) is 20.1. The molecular weight excluding hydrogens is 372 g/mol. The molecule has 0 saturated carbocycles. The topological polar surface area (TPSA) is 125 Å². The van der Waals surface area contributed by atoms with E-state index in [1.165, 1.54) is 24.3 Å². The van der Waals surface area contributed by atoms with E-state index in [9.17, 15) is 22.8 Å². The highest BCUT2D eigenvalue weighted by molar-refractivity contribution is 7.89. The van der Waals surface area contributed by atoms with Gasteiger partial charge in [0.2, 0.25) is 15.9 Å². The molecule has 1 aromatic carbocycles. The van der Waals surface area contributed by atoms with Crippen molar-refractivity contribution in [3.63, 3.8) is 0 Å². The first-order valence-electron chi connectivity index (χ1n) is 8.55. The fourth-order valence-electron chi connectivity index (χ4n) is 2.57. The molecule has 27 heavy (non-hydrogen) atoms. The lowest BCUT2D eigenvalue weighted by Crippen LogP contribution is -2.44. The number of nitrogens with one attached hydrogen (secondary N) is 3. The number of carbonyl (C=O) groups is 3. The van der Waals surface area contributed by atoms with Gasteiger partial charge in [0.05, 0.1) is 4.90 Å². The van der Waals surface area contributed by atoms with E-state index in [1.807, 2.05) is 0 Å². The third-order valence-electron chi connectivity index (χ3n) is 4.19. The summed E-state index contributed by atoms with van der Waals surface area (Å²) in [6, 6.07) is 4.75. The van der Waals surface area contributed by atoms with Crippen LogP contribution in [-0.2, 0) is 19.6 Å². The highest BCUT2D eigenvalue weighted by atomic mass is 32.2. The number of sulfonamides is 1. The minimum atomic E-state index is -3.62. The molecule has 9 nitrogen and oxygen atoms in total. The maximum Gasteiger partial charge on any atom is 0.325 e. The number of anilines is 1. The lowest BCUT2D eigenvalue weighted by molar-refractivity contribution is -0.133. The highest BCUT2D eigenvalue weighted by Crippen LogP contribution is 2.21. The molecule has 1 saturated heterocycles. The molecule has 2 rings (SSSR count). The first kappa shape index (κ1) is 20.8. The Morgan fingerprint density at radius 3 is 2.30 bits per heavy atom.